The van der Waals surface area contributed by atoms with Crippen LogP contribution in [0.15, 0.2) is 54.6 Å². The summed E-state index contributed by atoms with van der Waals surface area (Å²) in [6.45, 7) is 3.38. The van der Waals surface area contributed by atoms with Crippen molar-refractivity contribution in [2.24, 2.45) is 0 Å². The highest BCUT2D eigenvalue weighted by Gasteiger charge is 2.26. The zero-order valence-electron chi connectivity index (χ0n) is 16.7. The topological polar surface area (TPSA) is 69.7 Å². The first-order valence-electron chi connectivity index (χ1n) is 9.72. The molecule has 1 fully saturated rings. The Morgan fingerprint density at radius 1 is 0.967 bits per heavy atom. The first-order chi connectivity index (χ1) is 14.0. The van der Waals surface area contributed by atoms with E-state index in [1.54, 1.807) is 24.3 Å². The summed E-state index contributed by atoms with van der Waals surface area (Å²) in [4.78, 5) is 14.4. The standard InChI is InChI=1S/C21H26ClN3O3S.ClH/c22-20-9-5-4-8-19(20)21(26)23-11-17-29(27,28)25-15-13-24(14-16-25)12-10-18-6-2-1-3-7-18;/h1-9H,10-17H2,(H,23,26);1H. The average molecular weight is 472 g/mol. The number of amides is 1. The van der Waals surface area contributed by atoms with Gasteiger partial charge >= 0.3 is 0 Å². The van der Waals surface area contributed by atoms with E-state index in [1.807, 2.05) is 18.2 Å². The molecule has 0 unspecified atom stereocenters. The Bertz CT molecular complexity index is 918. The highest BCUT2D eigenvalue weighted by atomic mass is 35.5. The molecule has 1 saturated heterocycles. The van der Waals surface area contributed by atoms with E-state index < -0.39 is 10.0 Å². The van der Waals surface area contributed by atoms with Gasteiger partial charge in [-0.1, -0.05) is 54.1 Å². The molecule has 1 aliphatic heterocycles. The smallest absolute Gasteiger partial charge is 0.252 e. The van der Waals surface area contributed by atoms with Crippen LogP contribution in [0.5, 0.6) is 0 Å². The summed E-state index contributed by atoms with van der Waals surface area (Å²) in [6.07, 6.45) is 0.960. The summed E-state index contributed by atoms with van der Waals surface area (Å²) >= 11 is 6.00. The minimum atomic E-state index is -3.40. The van der Waals surface area contributed by atoms with Crippen molar-refractivity contribution in [1.29, 1.82) is 0 Å². The zero-order valence-corrected chi connectivity index (χ0v) is 19.1. The third-order valence-electron chi connectivity index (χ3n) is 5.05. The molecule has 0 radical (unpaired) electrons. The van der Waals surface area contributed by atoms with Crippen LogP contribution in [-0.2, 0) is 16.4 Å². The van der Waals surface area contributed by atoms with Crippen molar-refractivity contribution in [1.82, 2.24) is 14.5 Å². The van der Waals surface area contributed by atoms with Crippen LogP contribution in [0, 0.1) is 0 Å². The number of benzene rings is 2. The first-order valence-corrected chi connectivity index (χ1v) is 11.7. The molecule has 6 nitrogen and oxygen atoms in total. The molecule has 164 valence electrons. The third-order valence-corrected chi connectivity index (χ3v) is 7.25. The fourth-order valence-corrected chi connectivity index (χ4v) is 4.89. The molecule has 0 spiro atoms. The van der Waals surface area contributed by atoms with E-state index in [2.05, 4.69) is 22.3 Å². The largest absolute Gasteiger partial charge is 0.351 e. The summed E-state index contributed by atoms with van der Waals surface area (Å²) in [5.41, 5.74) is 1.63. The Labute approximate surface area is 189 Å². The molecule has 30 heavy (non-hydrogen) atoms. The number of hydrogen-bond acceptors (Lipinski definition) is 4. The molecule has 2 aromatic rings. The molecule has 1 aliphatic rings. The lowest BCUT2D eigenvalue weighted by Gasteiger charge is -2.34. The second kappa shape index (κ2) is 11.7. The maximum Gasteiger partial charge on any atom is 0.252 e. The molecule has 1 heterocycles. The van der Waals surface area contributed by atoms with E-state index in [4.69, 9.17) is 11.6 Å². The van der Waals surface area contributed by atoms with Crippen molar-refractivity contribution in [2.75, 3.05) is 45.0 Å². The molecule has 0 bridgehead atoms. The van der Waals surface area contributed by atoms with Crippen molar-refractivity contribution in [3.63, 3.8) is 0 Å². The van der Waals surface area contributed by atoms with Crippen molar-refractivity contribution in [3.05, 3.63) is 70.7 Å². The molecule has 3 rings (SSSR count). The van der Waals surface area contributed by atoms with Gasteiger partial charge in [-0.25, -0.2) is 8.42 Å². The molecule has 0 saturated carbocycles. The van der Waals surface area contributed by atoms with Crippen LogP contribution in [0.25, 0.3) is 0 Å². The molecular weight excluding hydrogens is 445 g/mol. The van der Waals surface area contributed by atoms with Crippen molar-refractivity contribution < 1.29 is 13.2 Å². The van der Waals surface area contributed by atoms with Gasteiger partial charge in [0, 0.05) is 39.3 Å². The first kappa shape index (κ1) is 24.6. The van der Waals surface area contributed by atoms with Gasteiger partial charge in [0.2, 0.25) is 10.0 Å². The second-order valence-electron chi connectivity index (χ2n) is 7.03. The van der Waals surface area contributed by atoms with Crippen LogP contribution in [0.1, 0.15) is 15.9 Å². The van der Waals surface area contributed by atoms with Gasteiger partial charge in [0.1, 0.15) is 0 Å². The van der Waals surface area contributed by atoms with Gasteiger partial charge in [0.25, 0.3) is 5.91 Å². The summed E-state index contributed by atoms with van der Waals surface area (Å²) in [5.74, 6) is -0.482. The van der Waals surface area contributed by atoms with E-state index in [0.29, 0.717) is 23.7 Å². The lowest BCUT2D eigenvalue weighted by molar-refractivity contribution is 0.0956. The number of piperazine rings is 1. The van der Waals surface area contributed by atoms with Crippen molar-refractivity contribution >= 4 is 39.9 Å². The minimum absolute atomic E-state index is 0. The van der Waals surface area contributed by atoms with Gasteiger partial charge in [-0.05, 0) is 24.1 Å². The minimum Gasteiger partial charge on any atom is -0.351 e. The van der Waals surface area contributed by atoms with Crippen molar-refractivity contribution in [2.45, 2.75) is 6.42 Å². The molecule has 0 aliphatic carbocycles. The predicted molar refractivity (Wildman–Crippen MR) is 123 cm³/mol. The van der Waals surface area contributed by atoms with Crippen LogP contribution < -0.4 is 5.32 Å². The van der Waals surface area contributed by atoms with E-state index >= 15 is 0 Å². The van der Waals surface area contributed by atoms with Crippen molar-refractivity contribution in [3.8, 4) is 0 Å². The highest BCUT2D eigenvalue weighted by molar-refractivity contribution is 7.89. The Morgan fingerprint density at radius 2 is 1.60 bits per heavy atom. The van der Waals surface area contributed by atoms with Gasteiger partial charge < -0.3 is 10.2 Å². The Hall–Kier alpha value is -1.64. The predicted octanol–water partition coefficient (Wildman–Crippen LogP) is 2.68. The lowest BCUT2D eigenvalue weighted by atomic mass is 10.1. The number of nitrogens with zero attached hydrogens (tertiary/aromatic N) is 2. The van der Waals surface area contributed by atoms with Gasteiger partial charge in [0.15, 0.2) is 0 Å². The van der Waals surface area contributed by atoms with E-state index in [9.17, 15) is 13.2 Å². The summed E-state index contributed by atoms with van der Waals surface area (Å²) in [7, 11) is -3.40. The SMILES string of the molecule is Cl.O=C(NCCS(=O)(=O)N1CCN(CCc2ccccc2)CC1)c1ccccc1Cl. The number of carbonyl (C=O) groups is 1. The number of hydrogen-bond donors (Lipinski definition) is 1. The average Bonchev–Trinajstić information content (AvgIpc) is 2.73. The van der Waals surface area contributed by atoms with Gasteiger partial charge in [-0.2, -0.15) is 4.31 Å². The molecule has 0 atom stereocenters. The lowest BCUT2D eigenvalue weighted by Crippen LogP contribution is -2.50. The van der Waals surface area contributed by atoms with Gasteiger partial charge in [-0.15, -0.1) is 12.4 Å². The molecule has 1 amide bonds. The maximum absolute atomic E-state index is 12.6. The molecule has 1 N–H and O–H groups in total. The number of sulfonamides is 1. The second-order valence-corrected chi connectivity index (χ2v) is 9.52. The molecule has 9 heteroatoms. The molecular formula is C21H27Cl2N3O3S. The Balaban J connectivity index is 0.00000320. The van der Waals surface area contributed by atoms with Crippen LogP contribution in [-0.4, -0.2) is 68.6 Å². The normalized spacial score (nSPS) is 15.4. The zero-order chi connectivity index (χ0) is 20.7. The monoisotopic (exact) mass is 471 g/mol. The fraction of sp³-hybridized carbons (Fsp3) is 0.381. The van der Waals surface area contributed by atoms with Crippen LogP contribution >= 0.6 is 24.0 Å². The fourth-order valence-electron chi connectivity index (χ4n) is 3.33. The third kappa shape index (κ3) is 6.96. The van der Waals surface area contributed by atoms with Crippen LogP contribution in [0.2, 0.25) is 5.02 Å². The summed E-state index contributed by atoms with van der Waals surface area (Å²) in [6, 6.07) is 17.0. The number of nitrogens with one attached hydrogen (secondary N) is 1. The Kier molecular flexibility index (Phi) is 9.58. The maximum atomic E-state index is 12.6. The molecule has 0 aromatic heterocycles. The highest BCUT2D eigenvalue weighted by Crippen LogP contribution is 2.14. The summed E-state index contributed by atoms with van der Waals surface area (Å²) in [5, 5.41) is 2.99. The summed E-state index contributed by atoms with van der Waals surface area (Å²) < 4.78 is 26.7. The van der Waals surface area contributed by atoms with Crippen LogP contribution in [0.4, 0.5) is 0 Å². The number of rotatable bonds is 8. The molecule has 2 aromatic carbocycles. The Morgan fingerprint density at radius 3 is 2.27 bits per heavy atom. The van der Waals surface area contributed by atoms with Crippen LogP contribution in [0.3, 0.4) is 0 Å². The number of halogens is 2. The van der Waals surface area contributed by atoms with Gasteiger partial charge in [0.05, 0.1) is 16.3 Å². The van der Waals surface area contributed by atoms with Gasteiger partial charge in [-0.3, -0.25) is 4.79 Å². The van der Waals surface area contributed by atoms with E-state index in [-0.39, 0.29) is 30.6 Å². The quantitative estimate of drug-likeness (QED) is 0.642. The number of carbonyl (C=O) groups excluding carboxylic acids is 1. The van der Waals surface area contributed by atoms with E-state index in [0.717, 1.165) is 26.1 Å². The van der Waals surface area contributed by atoms with E-state index in [1.165, 1.54) is 9.87 Å².